The molecule has 0 radical (unpaired) electrons. The Labute approximate surface area is 113 Å². The Morgan fingerprint density at radius 3 is 3.11 bits per heavy atom. The molecule has 0 saturated heterocycles. The number of rotatable bonds is 2. The average molecular weight is 272 g/mol. The van der Waals surface area contributed by atoms with Crippen LogP contribution in [0.25, 0.3) is 22.2 Å². The minimum Gasteiger partial charge on any atom is -0.333 e. The summed E-state index contributed by atoms with van der Waals surface area (Å²) in [5.74, 6) is 1.20. The number of fused-ring (bicyclic) bond motifs is 1. The van der Waals surface area contributed by atoms with Gasteiger partial charge in [0.05, 0.1) is 16.6 Å². The highest BCUT2D eigenvalue weighted by Crippen LogP contribution is 2.36. The monoisotopic (exact) mass is 272 g/mol. The van der Waals surface area contributed by atoms with Crippen LogP contribution in [0.2, 0.25) is 0 Å². The Morgan fingerprint density at radius 2 is 2.32 bits per heavy atom. The molecule has 3 heterocycles. The summed E-state index contributed by atoms with van der Waals surface area (Å²) >= 11 is 1.77. The van der Waals surface area contributed by atoms with Crippen molar-refractivity contribution in [2.75, 3.05) is 0 Å². The summed E-state index contributed by atoms with van der Waals surface area (Å²) in [6, 6.07) is 2.19. The van der Waals surface area contributed by atoms with Gasteiger partial charge in [-0.15, -0.1) is 11.3 Å². The summed E-state index contributed by atoms with van der Waals surface area (Å²) in [6.45, 7) is 0. The van der Waals surface area contributed by atoms with Crippen molar-refractivity contribution in [1.82, 2.24) is 19.9 Å². The fraction of sp³-hybridized carbons (Fsp3) is 0.308. The summed E-state index contributed by atoms with van der Waals surface area (Å²) in [5.41, 5.74) is 2.32. The fourth-order valence-corrected chi connectivity index (χ4v) is 3.59. The molecule has 4 rings (SSSR count). The molecular weight excluding hydrogens is 260 g/mol. The molecule has 19 heavy (non-hydrogen) atoms. The molecule has 6 heteroatoms. The average Bonchev–Trinajstić information content (AvgIpc) is 3.10. The summed E-state index contributed by atoms with van der Waals surface area (Å²) in [7, 11) is 1.87. The maximum atomic E-state index is 5.36. The Bertz CT molecular complexity index is 718. The third kappa shape index (κ3) is 1.79. The van der Waals surface area contributed by atoms with E-state index in [1.54, 1.807) is 22.2 Å². The lowest BCUT2D eigenvalue weighted by atomic mass is 10.2. The molecule has 3 aromatic rings. The van der Waals surface area contributed by atoms with Gasteiger partial charge in [-0.1, -0.05) is 5.16 Å². The predicted octanol–water partition coefficient (Wildman–Crippen LogP) is 2.69. The molecule has 0 bridgehead atoms. The second-order valence-corrected chi connectivity index (χ2v) is 5.88. The summed E-state index contributed by atoms with van der Waals surface area (Å²) in [6.07, 6.45) is 7.25. The van der Waals surface area contributed by atoms with Gasteiger partial charge in [-0.3, -0.25) is 4.68 Å². The van der Waals surface area contributed by atoms with Gasteiger partial charge in [0.1, 0.15) is 0 Å². The first-order valence-corrected chi connectivity index (χ1v) is 7.06. The second kappa shape index (κ2) is 4.03. The molecule has 1 aliphatic rings. The number of hydrogen-bond acceptors (Lipinski definition) is 5. The lowest BCUT2D eigenvalue weighted by Gasteiger charge is -1.87. The van der Waals surface area contributed by atoms with Gasteiger partial charge in [0.2, 0.25) is 5.82 Å². The standard InChI is InChI=1S/C13H12N4OS/c1-17-7-9(6-14-17)12-15-13(18-16-12)11-5-8-3-2-4-10(8)19-11/h5-7H,2-4H2,1H3. The third-order valence-electron chi connectivity index (χ3n) is 3.35. The summed E-state index contributed by atoms with van der Waals surface area (Å²) in [4.78, 5) is 7.00. The van der Waals surface area contributed by atoms with Gasteiger partial charge in [-0.05, 0) is 30.9 Å². The van der Waals surface area contributed by atoms with Crippen molar-refractivity contribution in [1.29, 1.82) is 0 Å². The van der Waals surface area contributed by atoms with Crippen molar-refractivity contribution in [2.24, 2.45) is 7.05 Å². The Balaban J connectivity index is 1.70. The molecule has 0 amide bonds. The maximum absolute atomic E-state index is 5.36. The third-order valence-corrected chi connectivity index (χ3v) is 4.57. The number of aryl methyl sites for hydroxylation is 3. The van der Waals surface area contributed by atoms with Crippen LogP contribution in [0, 0.1) is 0 Å². The molecule has 0 aliphatic heterocycles. The van der Waals surface area contributed by atoms with Gasteiger partial charge < -0.3 is 4.52 Å². The van der Waals surface area contributed by atoms with Crippen molar-refractivity contribution in [3.8, 4) is 22.2 Å². The predicted molar refractivity (Wildman–Crippen MR) is 71.8 cm³/mol. The minimum atomic E-state index is 0.594. The Morgan fingerprint density at radius 1 is 1.37 bits per heavy atom. The lowest BCUT2D eigenvalue weighted by molar-refractivity contribution is 0.433. The molecule has 0 aromatic carbocycles. The van der Waals surface area contributed by atoms with Crippen LogP contribution in [0.3, 0.4) is 0 Å². The first-order chi connectivity index (χ1) is 9.29. The topological polar surface area (TPSA) is 56.7 Å². The largest absolute Gasteiger partial charge is 0.333 e. The smallest absolute Gasteiger partial charge is 0.268 e. The van der Waals surface area contributed by atoms with Crippen LogP contribution >= 0.6 is 11.3 Å². The zero-order valence-electron chi connectivity index (χ0n) is 10.5. The van der Waals surface area contributed by atoms with Gasteiger partial charge in [-0.2, -0.15) is 10.1 Å². The molecule has 0 unspecified atom stereocenters. The number of aromatic nitrogens is 4. The molecule has 3 aromatic heterocycles. The van der Waals surface area contributed by atoms with Gasteiger partial charge in [0, 0.05) is 18.1 Å². The molecule has 0 saturated carbocycles. The van der Waals surface area contributed by atoms with Gasteiger partial charge in [-0.25, -0.2) is 0 Å². The van der Waals surface area contributed by atoms with E-state index < -0.39 is 0 Å². The van der Waals surface area contributed by atoms with E-state index in [1.165, 1.54) is 29.7 Å². The lowest BCUT2D eigenvalue weighted by Crippen LogP contribution is -1.84. The van der Waals surface area contributed by atoms with E-state index >= 15 is 0 Å². The molecule has 0 spiro atoms. The van der Waals surface area contributed by atoms with Crippen LogP contribution in [-0.2, 0) is 19.9 Å². The van der Waals surface area contributed by atoms with E-state index in [-0.39, 0.29) is 0 Å². The molecular formula is C13H12N4OS. The number of nitrogens with zero attached hydrogens (tertiary/aromatic N) is 4. The van der Waals surface area contributed by atoms with Gasteiger partial charge in [0.15, 0.2) is 0 Å². The van der Waals surface area contributed by atoms with Crippen LogP contribution in [0.15, 0.2) is 23.0 Å². The summed E-state index contributed by atoms with van der Waals surface area (Å²) in [5, 5.41) is 8.14. The molecule has 96 valence electrons. The first-order valence-electron chi connectivity index (χ1n) is 6.24. The zero-order chi connectivity index (χ0) is 12.8. The number of hydrogen-bond donors (Lipinski definition) is 0. The second-order valence-electron chi connectivity index (χ2n) is 4.74. The Hall–Kier alpha value is -1.95. The molecule has 0 fully saturated rings. The first kappa shape index (κ1) is 10.9. The zero-order valence-corrected chi connectivity index (χ0v) is 11.3. The molecule has 0 N–H and O–H groups in total. The number of thiophene rings is 1. The quantitative estimate of drug-likeness (QED) is 0.719. The fourth-order valence-electron chi connectivity index (χ4n) is 2.41. The van der Waals surface area contributed by atoms with E-state index in [9.17, 15) is 0 Å². The Kier molecular flexibility index (Phi) is 2.32. The van der Waals surface area contributed by atoms with Crippen molar-refractivity contribution in [3.63, 3.8) is 0 Å². The summed E-state index contributed by atoms with van der Waals surface area (Å²) < 4.78 is 7.09. The van der Waals surface area contributed by atoms with Crippen LogP contribution in [0.5, 0.6) is 0 Å². The van der Waals surface area contributed by atoms with Crippen LogP contribution < -0.4 is 0 Å². The minimum absolute atomic E-state index is 0.594. The van der Waals surface area contributed by atoms with E-state index in [4.69, 9.17) is 4.52 Å². The van der Waals surface area contributed by atoms with E-state index in [0.717, 1.165) is 10.4 Å². The van der Waals surface area contributed by atoms with Crippen LogP contribution in [0.1, 0.15) is 16.9 Å². The SMILES string of the molecule is Cn1cc(-c2noc(-c3cc4c(s3)CCC4)n2)cn1. The van der Waals surface area contributed by atoms with E-state index in [1.807, 2.05) is 13.2 Å². The molecule has 5 nitrogen and oxygen atoms in total. The molecule has 1 aliphatic carbocycles. The van der Waals surface area contributed by atoms with Crippen LogP contribution in [0.4, 0.5) is 0 Å². The molecule has 0 atom stereocenters. The van der Waals surface area contributed by atoms with Crippen molar-refractivity contribution in [2.45, 2.75) is 19.3 Å². The maximum Gasteiger partial charge on any atom is 0.268 e. The van der Waals surface area contributed by atoms with Crippen molar-refractivity contribution >= 4 is 11.3 Å². The van der Waals surface area contributed by atoms with Gasteiger partial charge >= 0.3 is 0 Å². The van der Waals surface area contributed by atoms with Crippen molar-refractivity contribution in [3.05, 3.63) is 28.9 Å². The van der Waals surface area contributed by atoms with E-state index in [0.29, 0.717) is 11.7 Å². The van der Waals surface area contributed by atoms with E-state index in [2.05, 4.69) is 21.3 Å². The highest BCUT2D eigenvalue weighted by atomic mass is 32.1. The van der Waals surface area contributed by atoms with Crippen molar-refractivity contribution < 1.29 is 4.52 Å². The normalized spacial score (nSPS) is 13.9. The highest BCUT2D eigenvalue weighted by molar-refractivity contribution is 7.15. The van der Waals surface area contributed by atoms with Gasteiger partial charge in [0.25, 0.3) is 5.89 Å². The van der Waals surface area contributed by atoms with Crippen LogP contribution in [-0.4, -0.2) is 19.9 Å². The highest BCUT2D eigenvalue weighted by Gasteiger charge is 2.19.